The van der Waals surface area contributed by atoms with E-state index >= 15 is 0 Å². The zero-order valence-corrected chi connectivity index (χ0v) is 11.2. The molecule has 0 aromatic carbocycles. The molecule has 16 heavy (non-hydrogen) atoms. The summed E-state index contributed by atoms with van der Waals surface area (Å²) < 4.78 is 0. The van der Waals surface area contributed by atoms with Crippen LogP contribution in [-0.4, -0.2) is 30.9 Å². The second-order valence-electron chi connectivity index (χ2n) is 4.56. The molecule has 0 saturated carbocycles. The molecule has 0 heterocycles. The van der Waals surface area contributed by atoms with Crippen molar-refractivity contribution < 1.29 is 4.79 Å². The highest BCUT2D eigenvalue weighted by molar-refractivity contribution is 5.75. The smallest absolute Gasteiger partial charge is 0.222 e. The Bertz CT molecular complexity index is 183. The van der Waals surface area contributed by atoms with E-state index in [1.54, 1.807) is 0 Å². The Hall–Kier alpha value is -0.570. The molecule has 3 nitrogen and oxygen atoms in total. The number of hydrogen-bond donors (Lipinski definition) is 1. The summed E-state index contributed by atoms with van der Waals surface area (Å²) in [5, 5.41) is 0. The third-order valence-corrected chi connectivity index (χ3v) is 3.19. The summed E-state index contributed by atoms with van der Waals surface area (Å²) in [6.07, 6.45) is 6.08. The second-order valence-corrected chi connectivity index (χ2v) is 4.56. The van der Waals surface area contributed by atoms with Gasteiger partial charge in [-0.05, 0) is 31.7 Å². The van der Waals surface area contributed by atoms with Gasteiger partial charge in [0.05, 0.1) is 0 Å². The molecule has 0 aromatic heterocycles. The number of hydrogen-bond acceptors (Lipinski definition) is 2. The maximum Gasteiger partial charge on any atom is 0.222 e. The zero-order chi connectivity index (χ0) is 12.4. The summed E-state index contributed by atoms with van der Waals surface area (Å²) in [6, 6.07) is 0. The van der Waals surface area contributed by atoms with Gasteiger partial charge >= 0.3 is 0 Å². The van der Waals surface area contributed by atoms with Gasteiger partial charge in [0.25, 0.3) is 0 Å². The molecule has 1 atom stereocenters. The van der Waals surface area contributed by atoms with Crippen molar-refractivity contribution in [1.29, 1.82) is 0 Å². The minimum Gasteiger partial charge on any atom is -0.346 e. The maximum absolute atomic E-state index is 11.8. The lowest BCUT2D eigenvalue weighted by Gasteiger charge is -2.19. The van der Waals surface area contributed by atoms with E-state index in [1.807, 2.05) is 11.9 Å². The van der Waals surface area contributed by atoms with Crippen LogP contribution in [0, 0.1) is 5.92 Å². The molecule has 0 bridgehead atoms. The number of carbonyl (C=O) groups excluding carboxylic acids is 1. The van der Waals surface area contributed by atoms with Crippen LogP contribution in [0.4, 0.5) is 0 Å². The zero-order valence-electron chi connectivity index (χ0n) is 11.2. The molecule has 0 aliphatic rings. The van der Waals surface area contributed by atoms with E-state index in [0.29, 0.717) is 12.3 Å². The van der Waals surface area contributed by atoms with Gasteiger partial charge < -0.3 is 10.6 Å². The van der Waals surface area contributed by atoms with E-state index in [4.69, 9.17) is 5.73 Å². The molecule has 96 valence electrons. The number of rotatable bonds is 9. The number of nitrogens with two attached hydrogens (primary N) is 1. The molecule has 0 aromatic rings. The van der Waals surface area contributed by atoms with Gasteiger partial charge in [0.1, 0.15) is 0 Å². The quantitative estimate of drug-likeness (QED) is 0.658. The molecule has 3 heteroatoms. The van der Waals surface area contributed by atoms with Crippen LogP contribution in [0.15, 0.2) is 0 Å². The Balaban J connectivity index is 3.76. The third kappa shape index (κ3) is 6.83. The van der Waals surface area contributed by atoms with E-state index < -0.39 is 0 Å². The molecule has 0 radical (unpaired) electrons. The van der Waals surface area contributed by atoms with Gasteiger partial charge in [-0.2, -0.15) is 0 Å². The highest BCUT2D eigenvalue weighted by atomic mass is 16.2. The Morgan fingerprint density at radius 1 is 1.31 bits per heavy atom. The summed E-state index contributed by atoms with van der Waals surface area (Å²) in [5.74, 6) is 0.900. The molecule has 0 fully saturated rings. The minimum atomic E-state index is 0.281. The first-order valence-corrected chi connectivity index (χ1v) is 6.59. The van der Waals surface area contributed by atoms with E-state index in [2.05, 4.69) is 13.8 Å². The number of nitrogens with zero attached hydrogens (tertiary/aromatic N) is 1. The molecular formula is C13H28N2O. The Morgan fingerprint density at radius 2 is 2.00 bits per heavy atom. The molecule has 1 unspecified atom stereocenters. The Morgan fingerprint density at radius 3 is 2.50 bits per heavy atom. The summed E-state index contributed by atoms with van der Waals surface area (Å²) in [7, 11) is 1.90. The number of unbranched alkanes of at least 4 members (excludes halogenated alkanes) is 1. The van der Waals surface area contributed by atoms with Gasteiger partial charge in [0, 0.05) is 20.0 Å². The van der Waals surface area contributed by atoms with Gasteiger partial charge in [0.15, 0.2) is 0 Å². The van der Waals surface area contributed by atoms with Gasteiger partial charge in [-0.1, -0.05) is 26.7 Å². The monoisotopic (exact) mass is 228 g/mol. The fourth-order valence-corrected chi connectivity index (χ4v) is 1.83. The largest absolute Gasteiger partial charge is 0.346 e. The van der Waals surface area contributed by atoms with Gasteiger partial charge in [-0.15, -0.1) is 0 Å². The molecule has 0 spiro atoms. The van der Waals surface area contributed by atoms with Crippen LogP contribution in [0.5, 0.6) is 0 Å². The summed E-state index contributed by atoms with van der Waals surface area (Å²) >= 11 is 0. The average Bonchev–Trinajstić information content (AvgIpc) is 2.30. The van der Waals surface area contributed by atoms with Crippen molar-refractivity contribution in [2.75, 3.05) is 20.1 Å². The van der Waals surface area contributed by atoms with E-state index in [9.17, 15) is 4.79 Å². The normalized spacial score (nSPS) is 12.5. The lowest BCUT2D eigenvalue weighted by atomic mass is 9.96. The first-order chi connectivity index (χ1) is 7.65. The first-order valence-electron chi connectivity index (χ1n) is 6.59. The predicted molar refractivity (Wildman–Crippen MR) is 69.2 cm³/mol. The minimum absolute atomic E-state index is 0.281. The Labute approximate surface area is 100 Å². The highest BCUT2D eigenvalue weighted by Gasteiger charge is 2.11. The van der Waals surface area contributed by atoms with Crippen LogP contribution < -0.4 is 5.73 Å². The topological polar surface area (TPSA) is 46.3 Å². The summed E-state index contributed by atoms with van der Waals surface area (Å²) in [5.41, 5.74) is 5.54. The van der Waals surface area contributed by atoms with Crippen molar-refractivity contribution in [3.63, 3.8) is 0 Å². The molecule has 1 amide bonds. The summed E-state index contributed by atoms with van der Waals surface area (Å²) in [4.78, 5) is 13.6. The van der Waals surface area contributed by atoms with Crippen LogP contribution in [0.2, 0.25) is 0 Å². The van der Waals surface area contributed by atoms with Crippen molar-refractivity contribution in [3.05, 3.63) is 0 Å². The molecular weight excluding hydrogens is 200 g/mol. The van der Waals surface area contributed by atoms with E-state index in [1.165, 1.54) is 0 Å². The van der Waals surface area contributed by atoms with Crippen LogP contribution in [-0.2, 0) is 4.79 Å². The SMILES string of the molecule is CCCCN(C)C(=O)CCC(CC)CCN. The van der Waals surface area contributed by atoms with Crippen molar-refractivity contribution in [2.24, 2.45) is 11.7 Å². The van der Waals surface area contributed by atoms with Crippen LogP contribution in [0.3, 0.4) is 0 Å². The highest BCUT2D eigenvalue weighted by Crippen LogP contribution is 2.15. The van der Waals surface area contributed by atoms with Gasteiger partial charge in [0.2, 0.25) is 5.91 Å². The predicted octanol–water partition coefficient (Wildman–Crippen LogP) is 2.40. The van der Waals surface area contributed by atoms with Gasteiger partial charge in [-0.25, -0.2) is 0 Å². The van der Waals surface area contributed by atoms with Crippen LogP contribution in [0.25, 0.3) is 0 Å². The van der Waals surface area contributed by atoms with Crippen molar-refractivity contribution in [1.82, 2.24) is 4.90 Å². The maximum atomic E-state index is 11.8. The molecule has 0 aliphatic carbocycles. The van der Waals surface area contributed by atoms with Crippen LogP contribution in [0.1, 0.15) is 52.4 Å². The lowest BCUT2D eigenvalue weighted by Crippen LogP contribution is -2.28. The summed E-state index contributed by atoms with van der Waals surface area (Å²) in [6.45, 7) is 5.94. The van der Waals surface area contributed by atoms with Crippen molar-refractivity contribution >= 4 is 5.91 Å². The van der Waals surface area contributed by atoms with E-state index in [0.717, 1.165) is 45.2 Å². The third-order valence-electron chi connectivity index (χ3n) is 3.19. The van der Waals surface area contributed by atoms with Crippen molar-refractivity contribution in [2.45, 2.75) is 52.4 Å². The molecule has 0 saturated heterocycles. The average molecular weight is 228 g/mol. The molecule has 2 N–H and O–H groups in total. The second kappa shape index (κ2) is 9.64. The standard InChI is InChI=1S/C13H28N2O/c1-4-6-11-15(3)13(16)8-7-12(5-2)9-10-14/h12H,4-11,14H2,1-3H3. The number of amides is 1. The fraction of sp³-hybridized carbons (Fsp3) is 0.923. The van der Waals surface area contributed by atoms with E-state index in [-0.39, 0.29) is 5.91 Å². The van der Waals surface area contributed by atoms with Crippen molar-refractivity contribution in [3.8, 4) is 0 Å². The lowest BCUT2D eigenvalue weighted by molar-refractivity contribution is -0.130. The Kier molecular flexibility index (Phi) is 9.30. The fourth-order valence-electron chi connectivity index (χ4n) is 1.83. The molecule has 0 aliphatic heterocycles. The number of carbonyl (C=O) groups is 1. The van der Waals surface area contributed by atoms with Crippen LogP contribution >= 0.6 is 0 Å². The first kappa shape index (κ1) is 15.4. The molecule has 0 rings (SSSR count). The van der Waals surface area contributed by atoms with Gasteiger partial charge in [-0.3, -0.25) is 4.79 Å².